The van der Waals surface area contributed by atoms with Gasteiger partial charge in [0.05, 0.1) is 22.2 Å². The predicted octanol–water partition coefficient (Wildman–Crippen LogP) is 3.62. The molecule has 1 N–H and O–H groups in total. The lowest BCUT2D eigenvalue weighted by Crippen LogP contribution is -2.44. The van der Waals surface area contributed by atoms with E-state index in [1.165, 1.54) is 12.2 Å². The molecule has 1 saturated heterocycles. The summed E-state index contributed by atoms with van der Waals surface area (Å²) < 4.78 is 17.0. The highest BCUT2D eigenvalue weighted by molar-refractivity contribution is 6.55. The number of hydrogen-bond donors (Lipinski definition) is 1. The highest BCUT2D eigenvalue weighted by Crippen LogP contribution is 2.40. The van der Waals surface area contributed by atoms with Crippen LogP contribution in [0.3, 0.4) is 0 Å². The standard InChI is InChI=1S/C17H23Cl2NO5/c1-9(2)23-14-12(20-15(22)25-16(3,4)5)8-17(24-14)6-10(18)13(21)11(19)7-17/h6-7,9,12,14H,8H2,1-5H3,(H,20,22)/t12-,14-/m0/s1. The third-order valence-electron chi connectivity index (χ3n) is 3.49. The number of amides is 1. The fraction of sp³-hybridized carbons (Fsp3) is 0.647. The van der Waals surface area contributed by atoms with Gasteiger partial charge in [-0.3, -0.25) is 4.79 Å². The van der Waals surface area contributed by atoms with Crippen molar-refractivity contribution in [2.24, 2.45) is 0 Å². The third kappa shape index (κ3) is 5.20. The van der Waals surface area contributed by atoms with Gasteiger partial charge in [0.1, 0.15) is 11.2 Å². The maximum absolute atomic E-state index is 12.1. The summed E-state index contributed by atoms with van der Waals surface area (Å²) in [4.78, 5) is 23.9. The number of nitrogens with one attached hydrogen (secondary N) is 1. The number of halogens is 2. The number of ether oxygens (including phenoxy) is 3. The van der Waals surface area contributed by atoms with E-state index in [9.17, 15) is 9.59 Å². The van der Waals surface area contributed by atoms with Crippen LogP contribution in [-0.4, -0.2) is 41.5 Å². The molecule has 1 aliphatic heterocycles. The molecule has 140 valence electrons. The normalized spacial score (nSPS) is 25.8. The fourth-order valence-corrected chi connectivity index (χ4v) is 3.28. The maximum atomic E-state index is 12.1. The molecule has 6 nitrogen and oxygen atoms in total. The first kappa shape index (κ1) is 20.2. The van der Waals surface area contributed by atoms with Crippen molar-refractivity contribution < 1.29 is 23.8 Å². The van der Waals surface area contributed by atoms with Gasteiger partial charge in [0, 0.05) is 6.42 Å². The van der Waals surface area contributed by atoms with E-state index in [0.717, 1.165) is 0 Å². The largest absolute Gasteiger partial charge is 0.444 e. The highest BCUT2D eigenvalue weighted by atomic mass is 35.5. The molecule has 0 aromatic rings. The Labute approximate surface area is 157 Å². The molecule has 1 aliphatic carbocycles. The first-order valence-electron chi connectivity index (χ1n) is 8.05. The van der Waals surface area contributed by atoms with Crippen molar-refractivity contribution in [1.29, 1.82) is 0 Å². The Morgan fingerprint density at radius 3 is 2.36 bits per heavy atom. The van der Waals surface area contributed by atoms with Gasteiger partial charge in [-0.05, 0) is 46.8 Å². The average Bonchev–Trinajstić information content (AvgIpc) is 2.70. The molecule has 1 heterocycles. The molecule has 8 heteroatoms. The van der Waals surface area contributed by atoms with Gasteiger partial charge in [-0.1, -0.05) is 23.2 Å². The molecule has 1 spiro atoms. The Balaban J connectivity index is 2.21. The van der Waals surface area contributed by atoms with Gasteiger partial charge in [-0.25, -0.2) is 4.79 Å². The zero-order valence-corrected chi connectivity index (χ0v) is 16.4. The summed E-state index contributed by atoms with van der Waals surface area (Å²) in [7, 11) is 0. The quantitative estimate of drug-likeness (QED) is 0.794. The van der Waals surface area contributed by atoms with Gasteiger partial charge in [-0.15, -0.1) is 0 Å². The van der Waals surface area contributed by atoms with E-state index in [1.807, 2.05) is 13.8 Å². The van der Waals surface area contributed by atoms with Crippen LogP contribution in [0.25, 0.3) is 0 Å². The summed E-state index contributed by atoms with van der Waals surface area (Å²) in [6.07, 6.45) is 1.86. The first-order chi connectivity index (χ1) is 11.4. The van der Waals surface area contributed by atoms with Crippen LogP contribution in [0.2, 0.25) is 0 Å². The monoisotopic (exact) mass is 391 g/mol. The fourth-order valence-electron chi connectivity index (χ4n) is 2.66. The SMILES string of the molecule is CC(C)O[C@H]1OC2(C=C(Cl)C(=O)C(Cl)=C2)C[C@@H]1NC(=O)OC(C)(C)C. The summed E-state index contributed by atoms with van der Waals surface area (Å²) in [6, 6.07) is -0.494. The van der Waals surface area contributed by atoms with Crippen molar-refractivity contribution in [3.8, 4) is 0 Å². The second kappa shape index (κ2) is 7.27. The molecule has 0 radical (unpaired) electrons. The highest BCUT2D eigenvalue weighted by Gasteiger charge is 2.48. The van der Waals surface area contributed by atoms with Crippen molar-refractivity contribution in [2.45, 2.75) is 70.7 Å². The second-order valence-electron chi connectivity index (χ2n) is 7.40. The number of carbonyl (C=O) groups is 2. The lowest BCUT2D eigenvalue weighted by molar-refractivity contribution is -0.169. The van der Waals surface area contributed by atoms with E-state index in [-0.39, 0.29) is 16.2 Å². The van der Waals surface area contributed by atoms with Crippen LogP contribution >= 0.6 is 23.2 Å². The Bertz CT molecular complexity index is 599. The minimum Gasteiger partial charge on any atom is -0.444 e. The lowest BCUT2D eigenvalue weighted by atomic mass is 9.92. The molecule has 2 rings (SSSR count). The van der Waals surface area contributed by atoms with Crippen LogP contribution < -0.4 is 5.32 Å². The van der Waals surface area contributed by atoms with E-state index < -0.39 is 35.4 Å². The summed E-state index contributed by atoms with van der Waals surface area (Å²) in [5.74, 6) is -0.456. The van der Waals surface area contributed by atoms with Crippen molar-refractivity contribution >= 4 is 35.1 Å². The first-order valence-corrected chi connectivity index (χ1v) is 8.80. The molecular formula is C17H23Cl2NO5. The van der Waals surface area contributed by atoms with Crippen LogP contribution in [-0.2, 0) is 19.0 Å². The van der Waals surface area contributed by atoms with Crippen molar-refractivity contribution in [3.05, 3.63) is 22.2 Å². The van der Waals surface area contributed by atoms with Gasteiger partial charge in [-0.2, -0.15) is 0 Å². The van der Waals surface area contributed by atoms with Gasteiger partial charge in [0.25, 0.3) is 0 Å². The minimum atomic E-state index is -1.01. The van der Waals surface area contributed by atoms with E-state index in [2.05, 4.69) is 5.32 Å². The number of allylic oxidation sites excluding steroid dienone is 2. The van der Waals surface area contributed by atoms with Crippen LogP contribution in [0.1, 0.15) is 41.0 Å². The number of rotatable bonds is 3. The van der Waals surface area contributed by atoms with Gasteiger partial charge in [0.2, 0.25) is 5.78 Å². The van der Waals surface area contributed by atoms with E-state index >= 15 is 0 Å². The lowest BCUT2D eigenvalue weighted by Gasteiger charge is -2.26. The van der Waals surface area contributed by atoms with Crippen molar-refractivity contribution in [2.75, 3.05) is 0 Å². The van der Waals surface area contributed by atoms with E-state index in [1.54, 1.807) is 20.8 Å². The molecule has 0 bridgehead atoms. The maximum Gasteiger partial charge on any atom is 0.408 e. The molecule has 0 aromatic carbocycles. The molecule has 1 fully saturated rings. The zero-order chi connectivity index (χ0) is 19.0. The molecule has 0 saturated carbocycles. The van der Waals surface area contributed by atoms with Crippen molar-refractivity contribution in [3.63, 3.8) is 0 Å². The molecular weight excluding hydrogens is 369 g/mol. The Hall–Kier alpha value is -1.08. The molecule has 0 aromatic heterocycles. The molecule has 1 amide bonds. The topological polar surface area (TPSA) is 73.9 Å². The zero-order valence-electron chi connectivity index (χ0n) is 14.9. The van der Waals surface area contributed by atoms with Crippen molar-refractivity contribution in [1.82, 2.24) is 5.32 Å². The molecule has 2 atom stereocenters. The Morgan fingerprint density at radius 2 is 1.88 bits per heavy atom. The molecule has 2 aliphatic rings. The van der Waals surface area contributed by atoms with Gasteiger partial charge in [0.15, 0.2) is 6.29 Å². The van der Waals surface area contributed by atoms with Crippen LogP contribution in [0.4, 0.5) is 4.79 Å². The summed E-state index contributed by atoms with van der Waals surface area (Å²) in [5.41, 5.74) is -1.64. The number of hydrogen-bond acceptors (Lipinski definition) is 5. The van der Waals surface area contributed by atoms with Gasteiger partial charge >= 0.3 is 6.09 Å². The van der Waals surface area contributed by atoms with Crippen LogP contribution in [0.15, 0.2) is 22.2 Å². The number of alkyl carbamates (subject to hydrolysis) is 1. The van der Waals surface area contributed by atoms with Crippen LogP contribution in [0, 0.1) is 0 Å². The molecule has 25 heavy (non-hydrogen) atoms. The number of ketones is 1. The smallest absolute Gasteiger partial charge is 0.408 e. The Kier molecular flexibility index (Phi) is 5.88. The van der Waals surface area contributed by atoms with Gasteiger partial charge < -0.3 is 19.5 Å². The predicted molar refractivity (Wildman–Crippen MR) is 94.5 cm³/mol. The summed E-state index contributed by atoms with van der Waals surface area (Å²) in [5, 5.41) is 2.72. The minimum absolute atomic E-state index is 0.0197. The summed E-state index contributed by atoms with van der Waals surface area (Å²) in [6.45, 7) is 9.04. The van der Waals surface area contributed by atoms with E-state index in [0.29, 0.717) is 6.42 Å². The van der Waals surface area contributed by atoms with E-state index in [4.69, 9.17) is 37.4 Å². The third-order valence-corrected chi connectivity index (χ3v) is 4.05. The summed E-state index contributed by atoms with van der Waals surface area (Å²) >= 11 is 12.0. The number of carbonyl (C=O) groups excluding carboxylic acids is 2. The number of Topliss-reactive ketones (excluding diaryl/α,β-unsaturated/α-hetero) is 1. The Morgan fingerprint density at radius 1 is 1.32 bits per heavy atom. The second-order valence-corrected chi connectivity index (χ2v) is 8.21. The molecule has 0 unspecified atom stereocenters. The average molecular weight is 392 g/mol. The van der Waals surface area contributed by atoms with Crippen LogP contribution in [0.5, 0.6) is 0 Å².